The van der Waals surface area contributed by atoms with Crippen molar-refractivity contribution in [3.05, 3.63) is 42.1 Å². The summed E-state index contributed by atoms with van der Waals surface area (Å²) in [6.07, 6.45) is 1.83. The fourth-order valence-electron chi connectivity index (χ4n) is 2.29. The van der Waals surface area contributed by atoms with Gasteiger partial charge in [-0.2, -0.15) is 9.97 Å². The lowest BCUT2D eigenvalue weighted by atomic mass is 10.1. The molecule has 2 heterocycles. The van der Waals surface area contributed by atoms with E-state index in [1.54, 1.807) is 24.3 Å². The highest BCUT2D eigenvalue weighted by atomic mass is 16.1. The second-order valence-corrected chi connectivity index (χ2v) is 6.58. The van der Waals surface area contributed by atoms with E-state index in [0.717, 1.165) is 22.5 Å². The zero-order chi connectivity index (χ0) is 17.3. The minimum atomic E-state index is -0.456. The van der Waals surface area contributed by atoms with Crippen LogP contribution in [0.1, 0.15) is 31.1 Å². The monoisotopic (exact) mass is 324 g/mol. The maximum absolute atomic E-state index is 11.1. The second kappa shape index (κ2) is 5.84. The number of rotatable bonds is 4. The van der Waals surface area contributed by atoms with Gasteiger partial charge >= 0.3 is 0 Å². The van der Waals surface area contributed by atoms with Gasteiger partial charge in [0.25, 0.3) is 0 Å². The molecule has 24 heavy (non-hydrogen) atoms. The van der Waals surface area contributed by atoms with Crippen molar-refractivity contribution in [1.29, 1.82) is 0 Å². The first-order valence-corrected chi connectivity index (χ1v) is 7.62. The van der Waals surface area contributed by atoms with E-state index in [0.29, 0.717) is 11.5 Å². The number of aromatic amines is 1. The molecule has 3 aromatic rings. The van der Waals surface area contributed by atoms with Crippen molar-refractivity contribution in [2.75, 3.05) is 10.6 Å². The number of aromatic nitrogens is 3. The Bertz CT molecular complexity index is 876. The first-order valence-electron chi connectivity index (χ1n) is 7.62. The van der Waals surface area contributed by atoms with E-state index in [1.165, 1.54) is 0 Å². The van der Waals surface area contributed by atoms with Crippen molar-refractivity contribution < 1.29 is 4.79 Å². The van der Waals surface area contributed by atoms with Crippen molar-refractivity contribution in [1.82, 2.24) is 15.0 Å². The fraction of sp³-hybridized carbons (Fsp3) is 0.235. The van der Waals surface area contributed by atoms with Gasteiger partial charge in [-0.15, -0.1) is 0 Å². The highest BCUT2D eigenvalue weighted by Gasteiger charge is 2.15. The van der Waals surface area contributed by atoms with Crippen LogP contribution in [0.2, 0.25) is 0 Å². The Balaban J connectivity index is 1.93. The fourth-order valence-corrected chi connectivity index (χ4v) is 2.29. The molecule has 7 heteroatoms. The number of carbonyl (C=O) groups excluding carboxylic acids is 1. The zero-order valence-electron chi connectivity index (χ0n) is 13.8. The third-order valence-electron chi connectivity index (χ3n) is 3.33. The van der Waals surface area contributed by atoms with Gasteiger partial charge in [-0.05, 0) is 51.1 Å². The van der Waals surface area contributed by atoms with Crippen LogP contribution in [0.4, 0.5) is 17.5 Å². The molecule has 0 unspecified atom stereocenters. The SMILES string of the molecule is CC(C)(C)Nc1nc(Nc2ccc(C(N)=O)cc2)nc2[nH]ccc12. The average Bonchev–Trinajstić information content (AvgIpc) is 2.95. The largest absolute Gasteiger partial charge is 0.366 e. The van der Waals surface area contributed by atoms with E-state index in [4.69, 9.17) is 5.73 Å². The van der Waals surface area contributed by atoms with E-state index >= 15 is 0 Å². The van der Waals surface area contributed by atoms with Crippen LogP contribution in [-0.4, -0.2) is 26.4 Å². The van der Waals surface area contributed by atoms with Crippen LogP contribution in [0.3, 0.4) is 0 Å². The summed E-state index contributed by atoms with van der Waals surface area (Å²) >= 11 is 0. The molecule has 0 bridgehead atoms. The van der Waals surface area contributed by atoms with Crippen LogP contribution in [0.25, 0.3) is 11.0 Å². The molecule has 0 aliphatic heterocycles. The number of nitrogens with two attached hydrogens (primary N) is 1. The molecule has 0 fully saturated rings. The molecule has 124 valence electrons. The Morgan fingerprint density at radius 3 is 2.46 bits per heavy atom. The summed E-state index contributed by atoms with van der Waals surface area (Å²) in [5.41, 5.74) is 7.09. The number of carbonyl (C=O) groups is 1. The number of amides is 1. The highest BCUT2D eigenvalue weighted by molar-refractivity contribution is 5.93. The zero-order valence-corrected chi connectivity index (χ0v) is 13.8. The molecule has 0 spiro atoms. The number of hydrogen-bond donors (Lipinski definition) is 4. The molecular weight excluding hydrogens is 304 g/mol. The van der Waals surface area contributed by atoms with E-state index in [-0.39, 0.29) is 5.54 Å². The summed E-state index contributed by atoms with van der Waals surface area (Å²) in [6, 6.07) is 8.78. The maximum atomic E-state index is 11.1. The van der Waals surface area contributed by atoms with Gasteiger partial charge in [-0.25, -0.2) is 0 Å². The molecule has 0 atom stereocenters. The summed E-state index contributed by atoms with van der Waals surface area (Å²) < 4.78 is 0. The normalized spacial score (nSPS) is 11.5. The Kier molecular flexibility index (Phi) is 3.84. The molecule has 0 radical (unpaired) electrons. The minimum absolute atomic E-state index is 0.126. The van der Waals surface area contributed by atoms with Gasteiger partial charge in [-0.1, -0.05) is 0 Å². The van der Waals surface area contributed by atoms with Crippen molar-refractivity contribution in [3.8, 4) is 0 Å². The van der Waals surface area contributed by atoms with Crippen LogP contribution < -0.4 is 16.4 Å². The predicted molar refractivity (Wildman–Crippen MR) is 95.5 cm³/mol. The van der Waals surface area contributed by atoms with Gasteiger partial charge in [0.05, 0.1) is 5.39 Å². The Labute approximate surface area is 139 Å². The molecule has 1 amide bonds. The van der Waals surface area contributed by atoms with E-state index < -0.39 is 5.91 Å². The smallest absolute Gasteiger partial charge is 0.248 e. The van der Waals surface area contributed by atoms with Gasteiger partial charge in [0, 0.05) is 23.0 Å². The van der Waals surface area contributed by atoms with E-state index in [1.807, 2.05) is 12.3 Å². The van der Waals surface area contributed by atoms with Crippen LogP contribution in [-0.2, 0) is 0 Å². The number of H-pyrrole nitrogens is 1. The van der Waals surface area contributed by atoms with E-state index in [2.05, 4.69) is 46.4 Å². The predicted octanol–water partition coefficient (Wildman–Crippen LogP) is 3.01. The maximum Gasteiger partial charge on any atom is 0.248 e. The Morgan fingerprint density at radius 1 is 1.12 bits per heavy atom. The van der Waals surface area contributed by atoms with Gasteiger partial charge in [0.1, 0.15) is 11.5 Å². The third kappa shape index (κ3) is 3.45. The molecule has 3 rings (SSSR count). The van der Waals surface area contributed by atoms with Crippen LogP contribution >= 0.6 is 0 Å². The van der Waals surface area contributed by atoms with E-state index in [9.17, 15) is 4.79 Å². The molecule has 0 aliphatic rings. The van der Waals surface area contributed by atoms with Gasteiger partial charge in [0.2, 0.25) is 11.9 Å². The van der Waals surface area contributed by atoms with Crippen molar-refractivity contribution >= 4 is 34.4 Å². The summed E-state index contributed by atoms with van der Waals surface area (Å²) in [4.78, 5) is 23.3. The number of anilines is 3. The number of primary amides is 1. The first-order chi connectivity index (χ1) is 11.3. The molecule has 5 N–H and O–H groups in total. The van der Waals surface area contributed by atoms with Crippen LogP contribution in [0.15, 0.2) is 36.5 Å². The topological polar surface area (TPSA) is 109 Å². The highest BCUT2D eigenvalue weighted by Crippen LogP contribution is 2.25. The van der Waals surface area contributed by atoms with Crippen molar-refractivity contribution in [2.45, 2.75) is 26.3 Å². The summed E-state index contributed by atoms with van der Waals surface area (Å²) in [5.74, 6) is 0.760. The minimum Gasteiger partial charge on any atom is -0.366 e. The lowest BCUT2D eigenvalue weighted by Gasteiger charge is -2.22. The quantitative estimate of drug-likeness (QED) is 0.590. The Morgan fingerprint density at radius 2 is 1.83 bits per heavy atom. The van der Waals surface area contributed by atoms with Gasteiger partial charge in [0.15, 0.2) is 0 Å². The molecule has 0 aliphatic carbocycles. The standard InChI is InChI=1S/C17H20N6O/c1-17(2,3)23-15-12-8-9-19-14(12)21-16(22-15)20-11-6-4-10(5-7-11)13(18)24/h4-9H,1-3H3,(H2,18,24)(H3,19,20,21,22,23). The number of nitrogens with zero attached hydrogens (tertiary/aromatic N) is 2. The third-order valence-corrected chi connectivity index (χ3v) is 3.33. The molecule has 0 saturated carbocycles. The van der Waals surface area contributed by atoms with Crippen molar-refractivity contribution in [3.63, 3.8) is 0 Å². The van der Waals surface area contributed by atoms with Crippen LogP contribution in [0.5, 0.6) is 0 Å². The molecule has 2 aromatic heterocycles. The average molecular weight is 324 g/mol. The lowest BCUT2D eigenvalue weighted by Crippen LogP contribution is -2.27. The number of fused-ring (bicyclic) bond motifs is 1. The summed E-state index contributed by atoms with van der Waals surface area (Å²) in [7, 11) is 0. The number of benzene rings is 1. The second-order valence-electron chi connectivity index (χ2n) is 6.58. The molecule has 7 nitrogen and oxygen atoms in total. The lowest BCUT2D eigenvalue weighted by molar-refractivity contribution is 0.100. The van der Waals surface area contributed by atoms with Crippen molar-refractivity contribution in [2.24, 2.45) is 5.73 Å². The van der Waals surface area contributed by atoms with Gasteiger partial charge < -0.3 is 21.4 Å². The molecule has 0 saturated heterocycles. The number of hydrogen-bond acceptors (Lipinski definition) is 5. The van der Waals surface area contributed by atoms with Crippen LogP contribution in [0, 0.1) is 0 Å². The molecular formula is C17H20N6O. The summed E-state index contributed by atoms with van der Waals surface area (Å²) in [5, 5.41) is 7.46. The molecule has 1 aromatic carbocycles. The summed E-state index contributed by atoms with van der Waals surface area (Å²) in [6.45, 7) is 6.22. The number of nitrogens with one attached hydrogen (secondary N) is 3. The Hall–Kier alpha value is -3.09. The first kappa shape index (κ1) is 15.8. The van der Waals surface area contributed by atoms with Gasteiger partial charge in [-0.3, -0.25) is 4.79 Å².